The number of halogens is 1. The molecule has 0 bridgehead atoms. The van der Waals surface area contributed by atoms with Crippen LogP contribution in [0.2, 0.25) is 0 Å². The maximum Gasteiger partial charge on any atom is 0.303 e. The number of furan rings is 1. The van der Waals surface area contributed by atoms with Gasteiger partial charge in [-0.05, 0) is 65.1 Å². The fraction of sp³-hybridized carbons (Fsp3) is 0.118. The number of amides is 2. The van der Waals surface area contributed by atoms with E-state index in [2.05, 4.69) is 28.0 Å². The molecule has 0 spiro atoms. The van der Waals surface area contributed by atoms with Crippen LogP contribution < -0.4 is 10.4 Å². The lowest BCUT2D eigenvalue weighted by atomic mass is 10.2. The van der Waals surface area contributed by atoms with E-state index < -0.39 is 17.8 Å². The average Bonchev–Trinajstić information content (AvgIpc) is 3.13. The summed E-state index contributed by atoms with van der Waals surface area (Å²) in [5.41, 5.74) is 3.05. The fourth-order valence-corrected chi connectivity index (χ4v) is 2.55. The van der Waals surface area contributed by atoms with Crippen molar-refractivity contribution in [1.82, 2.24) is 5.43 Å². The minimum Gasteiger partial charge on any atom is -0.458 e. The summed E-state index contributed by atoms with van der Waals surface area (Å²) in [7, 11) is 0. The van der Waals surface area contributed by atoms with E-state index in [1.54, 1.807) is 24.3 Å². The zero-order valence-electron chi connectivity index (χ0n) is 13.1. The maximum absolute atomic E-state index is 12.5. The van der Waals surface area contributed by atoms with Gasteiger partial charge in [-0.25, -0.2) is 5.01 Å². The smallest absolute Gasteiger partial charge is 0.303 e. The molecule has 1 aromatic heterocycles. The van der Waals surface area contributed by atoms with Crippen molar-refractivity contribution in [2.45, 2.75) is 13.5 Å². The van der Waals surface area contributed by atoms with Crippen molar-refractivity contribution < 1.29 is 23.5 Å². The van der Waals surface area contributed by atoms with E-state index in [0.29, 0.717) is 17.2 Å². The molecule has 1 aliphatic rings. The minimum atomic E-state index is -0.513. The van der Waals surface area contributed by atoms with Crippen LogP contribution in [0, 0.1) is 3.57 Å². The van der Waals surface area contributed by atoms with Gasteiger partial charge in [0.2, 0.25) is 0 Å². The predicted molar refractivity (Wildman–Crippen MR) is 96.9 cm³/mol. The van der Waals surface area contributed by atoms with Crippen LogP contribution >= 0.6 is 22.6 Å². The average molecular weight is 452 g/mol. The number of hydrogen-bond acceptors (Lipinski definition) is 5. The summed E-state index contributed by atoms with van der Waals surface area (Å²) in [6.45, 7) is 1.29. The molecular weight excluding hydrogens is 439 g/mol. The van der Waals surface area contributed by atoms with Crippen LogP contribution in [0.1, 0.15) is 18.4 Å². The second-order valence-corrected chi connectivity index (χ2v) is 6.45. The molecule has 1 aliphatic heterocycles. The summed E-state index contributed by atoms with van der Waals surface area (Å²) in [4.78, 5) is 35.4. The van der Waals surface area contributed by atoms with Crippen molar-refractivity contribution >= 4 is 52.1 Å². The summed E-state index contributed by atoms with van der Waals surface area (Å²) < 4.78 is 11.3. The first-order valence-electron chi connectivity index (χ1n) is 7.29. The Labute approximate surface area is 156 Å². The molecule has 7 nitrogen and oxygen atoms in total. The summed E-state index contributed by atoms with van der Waals surface area (Å²) in [5, 5.41) is 1.19. The van der Waals surface area contributed by atoms with Gasteiger partial charge in [0.05, 0.1) is 5.69 Å². The molecule has 25 heavy (non-hydrogen) atoms. The second-order valence-electron chi connectivity index (χ2n) is 5.20. The number of hydrogen-bond donors (Lipinski definition) is 1. The van der Waals surface area contributed by atoms with Crippen molar-refractivity contribution in [2.24, 2.45) is 0 Å². The molecule has 3 rings (SSSR count). The van der Waals surface area contributed by atoms with E-state index in [1.165, 1.54) is 18.0 Å². The van der Waals surface area contributed by atoms with Crippen molar-refractivity contribution in [1.29, 1.82) is 0 Å². The standard InChI is InChI=1S/C17H13IN2O5/c1-10(21)24-9-14-7-6-13(25-14)8-15-16(22)19-20(17(15)23)12-4-2-11(18)3-5-12/h2-8H,9H2,1H3,(H,19,22). The van der Waals surface area contributed by atoms with Gasteiger partial charge in [0.25, 0.3) is 11.8 Å². The molecule has 2 heterocycles. The molecule has 0 unspecified atom stereocenters. The highest BCUT2D eigenvalue weighted by Gasteiger charge is 2.34. The van der Waals surface area contributed by atoms with Crippen molar-refractivity contribution in [3.8, 4) is 0 Å². The Kier molecular flexibility index (Phi) is 4.88. The lowest BCUT2D eigenvalue weighted by Gasteiger charge is -2.14. The number of nitrogens with zero attached hydrogens (tertiary/aromatic N) is 1. The Morgan fingerprint density at radius 3 is 2.64 bits per heavy atom. The lowest BCUT2D eigenvalue weighted by Crippen LogP contribution is -2.35. The highest BCUT2D eigenvalue weighted by Crippen LogP contribution is 2.23. The van der Waals surface area contributed by atoms with E-state index in [1.807, 2.05) is 12.1 Å². The van der Waals surface area contributed by atoms with Gasteiger partial charge in [-0.3, -0.25) is 19.8 Å². The van der Waals surface area contributed by atoms with Gasteiger partial charge in [-0.2, -0.15) is 0 Å². The SMILES string of the molecule is CC(=O)OCc1ccc(C=C2C(=O)NN(c3ccc(I)cc3)C2=O)o1. The summed E-state index contributed by atoms with van der Waals surface area (Å²) >= 11 is 2.16. The molecule has 0 atom stereocenters. The van der Waals surface area contributed by atoms with Crippen LogP contribution in [-0.2, 0) is 25.7 Å². The fourth-order valence-electron chi connectivity index (χ4n) is 2.19. The van der Waals surface area contributed by atoms with E-state index in [4.69, 9.17) is 9.15 Å². The Morgan fingerprint density at radius 2 is 1.96 bits per heavy atom. The number of hydrazine groups is 1. The Hall–Kier alpha value is -2.62. The highest BCUT2D eigenvalue weighted by atomic mass is 127. The normalized spacial score (nSPS) is 15.6. The number of carbonyl (C=O) groups is 3. The highest BCUT2D eigenvalue weighted by molar-refractivity contribution is 14.1. The third-order valence-corrected chi connectivity index (χ3v) is 4.08. The number of rotatable bonds is 4. The molecule has 1 saturated heterocycles. The second kappa shape index (κ2) is 7.09. The summed E-state index contributed by atoms with van der Waals surface area (Å²) in [5.74, 6) is -0.659. The molecule has 0 radical (unpaired) electrons. The van der Waals surface area contributed by atoms with Gasteiger partial charge in [0.1, 0.15) is 23.7 Å². The van der Waals surface area contributed by atoms with Crippen molar-refractivity contribution in [3.63, 3.8) is 0 Å². The summed E-state index contributed by atoms with van der Waals surface area (Å²) in [6, 6.07) is 10.4. The first-order chi connectivity index (χ1) is 11.9. The van der Waals surface area contributed by atoms with Crippen LogP contribution in [0.15, 0.2) is 46.4 Å². The molecule has 1 fully saturated rings. The molecule has 2 aromatic rings. The van der Waals surface area contributed by atoms with Gasteiger partial charge >= 0.3 is 5.97 Å². The Morgan fingerprint density at radius 1 is 1.24 bits per heavy atom. The van der Waals surface area contributed by atoms with Gasteiger partial charge < -0.3 is 9.15 Å². The number of nitrogens with one attached hydrogen (secondary N) is 1. The first kappa shape index (κ1) is 17.2. The van der Waals surface area contributed by atoms with Crippen LogP contribution in [0.3, 0.4) is 0 Å². The third kappa shape index (κ3) is 3.90. The monoisotopic (exact) mass is 452 g/mol. The van der Waals surface area contributed by atoms with Crippen LogP contribution in [0.25, 0.3) is 6.08 Å². The quantitative estimate of drug-likeness (QED) is 0.333. The zero-order chi connectivity index (χ0) is 18.0. The molecule has 2 amide bonds. The maximum atomic E-state index is 12.5. The minimum absolute atomic E-state index is 0.00652. The number of benzene rings is 1. The number of carbonyl (C=O) groups excluding carboxylic acids is 3. The van der Waals surface area contributed by atoms with E-state index in [9.17, 15) is 14.4 Å². The molecule has 1 N–H and O–H groups in total. The molecular formula is C17H13IN2O5. The third-order valence-electron chi connectivity index (χ3n) is 3.36. The zero-order valence-corrected chi connectivity index (χ0v) is 15.3. The van der Waals surface area contributed by atoms with Crippen molar-refractivity contribution in [3.05, 3.63) is 57.1 Å². The van der Waals surface area contributed by atoms with E-state index in [-0.39, 0.29) is 12.2 Å². The van der Waals surface area contributed by atoms with E-state index in [0.717, 1.165) is 3.57 Å². The van der Waals surface area contributed by atoms with E-state index >= 15 is 0 Å². The summed E-state index contributed by atoms with van der Waals surface area (Å²) in [6.07, 6.45) is 1.36. The van der Waals surface area contributed by atoms with Crippen LogP contribution in [0.4, 0.5) is 5.69 Å². The van der Waals surface area contributed by atoms with Crippen molar-refractivity contribution in [2.75, 3.05) is 5.01 Å². The first-order valence-corrected chi connectivity index (χ1v) is 8.36. The number of anilines is 1. The number of esters is 1. The topological polar surface area (TPSA) is 88.9 Å². The molecule has 8 heteroatoms. The molecule has 128 valence electrons. The van der Waals surface area contributed by atoms with Gasteiger partial charge in [0.15, 0.2) is 0 Å². The molecule has 1 aromatic carbocycles. The van der Waals surface area contributed by atoms with Crippen LogP contribution in [-0.4, -0.2) is 17.8 Å². The Bertz CT molecular complexity index is 869. The van der Waals surface area contributed by atoms with Crippen LogP contribution in [0.5, 0.6) is 0 Å². The predicted octanol–water partition coefficient (Wildman–Crippen LogP) is 2.41. The molecule has 0 aliphatic carbocycles. The molecule has 0 saturated carbocycles. The number of ether oxygens (including phenoxy) is 1. The lowest BCUT2D eigenvalue weighted by molar-refractivity contribution is -0.142. The largest absolute Gasteiger partial charge is 0.458 e. The van der Waals surface area contributed by atoms with Gasteiger partial charge in [-0.1, -0.05) is 0 Å². The Balaban J connectivity index is 1.79. The van der Waals surface area contributed by atoms with Gasteiger partial charge in [0, 0.05) is 10.5 Å². The van der Waals surface area contributed by atoms with Gasteiger partial charge in [-0.15, -0.1) is 0 Å².